The van der Waals surface area contributed by atoms with Crippen LogP contribution in [0.5, 0.6) is 0 Å². The number of rotatable bonds is 7. The molecule has 0 saturated carbocycles. The number of thiazole rings is 1. The van der Waals surface area contributed by atoms with Crippen LogP contribution in [0.3, 0.4) is 0 Å². The van der Waals surface area contributed by atoms with E-state index in [4.69, 9.17) is 25.7 Å². The Morgan fingerprint density at radius 2 is 1.82 bits per heavy atom. The molecule has 3 aromatic carbocycles. The molecule has 5 aromatic rings. The average molecular weight is 625 g/mol. The number of aromatic carboxylic acids is 1. The van der Waals surface area contributed by atoms with Crippen molar-refractivity contribution in [2.45, 2.75) is 19.9 Å². The second-order valence-corrected chi connectivity index (χ2v) is 11.5. The van der Waals surface area contributed by atoms with Crippen molar-refractivity contribution in [2.24, 2.45) is 4.99 Å². The third-order valence-corrected chi connectivity index (χ3v) is 8.43. The van der Waals surface area contributed by atoms with Crippen molar-refractivity contribution < 1.29 is 23.8 Å². The minimum atomic E-state index is -1.01. The summed E-state index contributed by atoms with van der Waals surface area (Å²) in [6.07, 6.45) is 1.64. The molecular formula is C34H25ClN2O6S. The maximum Gasteiger partial charge on any atom is 0.338 e. The van der Waals surface area contributed by atoms with E-state index in [0.717, 1.165) is 11.1 Å². The fraction of sp³-hybridized carbons (Fsp3) is 0.118. The summed E-state index contributed by atoms with van der Waals surface area (Å²) in [6, 6.07) is 23.8. The Labute approximate surface area is 260 Å². The number of ether oxygens (including phenoxy) is 1. The van der Waals surface area contributed by atoms with Crippen LogP contribution < -0.4 is 14.9 Å². The highest BCUT2D eigenvalue weighted by Crippen LogP contribution is 2.35. The third kappa shape index (κ3) is 5.43. The molecule has 0 fully saturated rings. The molecule has 0 radical (unpaired) electrons. The molecule has 0 amide bonds. The van der Waals surface area contributed by atoms with Crippen LogP contribution in [0, 0.1) is 6.92 Å². The quantitative estimate of drug-likeness (QED) is 0.227. The second kappa shape index (κ2) is 11.9. The monoisotopic (exact) mass is 624 g/mol. The predicted molar refractivity (Wildman–Crippen MR) is 168 cm³/mol. The smallest absolute Gasteiger partial charge is 0.338 e. The number of esters is 1. The zero-order valence-electron chi connectivity index (χ0n) is 23.6. The zero-order chi connectivity index (χ0) is 31.0. The second-order valence-electron chi connectivity index (χ2n) is 10.0. The number of fused-ring (bicyclic) bond motifs is 1. The zero-order valence-corrected chi connectivity index (χ0v) is 25.2. The number of carboxylic acid groups (broad SMARTS) is 1. The topological polar surface area (TPSA) is 111 Å². The van der Waals surface area contributed by atoms with E-state index in [1.165, 1.54) is 22.0 Å². The Kier molecular flexibility index (Phi) is 7.90. The lowest BCUT2D eigenvalue weighted by Crippen LogP contribution is -2.39. The molecule has 1 aliphatic heterocycles. The summed E-state index contributed by atoms with van der Waals surface area (Å²) in [5.41, 5.74) is 3.39. The van der Waals surface area contributed by atoms with Crippen molar-refractivity contribution in [3.8, 4) is 11.3 Å². The third-order valence-electron chi connectivity index (χ3n) is 7.20. The molecule has 0 spiro atoms. The summed E-state index contributed by atoms with van der Waals surface area (Å²) < 4.78 is 13.4. The molecule has 1 N–H and O–H groups in total. The van der Waals surface area contributed by atoms with Gasteiger partial charge in [0.15, 0.2) is 4.80 Å². The van der Waals surface area contributed by atoms with E-state index in [1.54, 1.807) is 61.5 Å². The van der Waals surface area contributed by atoms with Crippen LogP contribution in [0.2, 0.25) is 5.02 Å². The molecule has 44 heavy (non-hydrogen) atoms. The van der Waals surface area contributed by atoms with E-state index < -0.39 is 18.0 Å². The van der Waals surface area contributed by atoms with Gasteiger partial charge in [0, 0.05) is 22.2 Å². The maximum atomic E-state index is 14.1. The van der Waals surface area contributed by atoms with Crippen molar-refractivity contribution in [1.29, 1.82) is 0 Å². The van der Waals surface area contributed by atoms with Crippen LogP contribution in [-0.2, 0) is 9.53 Å². The first-order valence-electron chi connectivity index (χ1n) is 13.7. The number of benzene rings is 3. The first-order chi connectivity index (χ1) is 21.2. The van der Waals surface area contributed by atoms with Crippen molar-refractivity contribution in [2.75, 3.05) is 6.61 Å². The molecule has 220 valence electrons. The maximum absolute atomic E-state index is 14.1. The summed E-state index contributed by atoms with van der Waals surface area (Å²) in [7, 11) is 0. The molecule has 1 aliphatic rings. The van der Waals surface area contributed by atoms with Gasteiger partial charge in [-0.25, -0.2) is 14.6 Å². The minimum absolute atomic E-state index is 0.154. The Hall–Kier alpha value is -4.99. The van der Waals surface area contributed by atoms with E-state index in [2.05, 4.69) is 0 Å². The molecule has 10 heteroatoms. The highest BCUT2D eigenvalue weighted by molar-refractivity contribution is 7.07. The summed E-state index contributed by atoms with van der Waals surface area (Å²) in [5, 5.41) is 9.81. The molecule has 2 aromatic heterocycles. The normalized spacial score (nSPS) is 14.7. The predicted octanol–water partition coefficient (Wildman–Crippen LogP) is 5.86. The molecule has 0 unspecified atom stereocenters. The van der Waals surface area contributed by atoms with Gasteiger partial charge >= 0.3 is 11.9 Å². The minimum Gasteiger partial charge on any atom is -0.478 e. The van der Waals surface area contributed by atoms with E-state index in [-0.39, 0.29) is 23.3 Å². The Morgan fingerprint density at radius 3 is 2.50 bits per heavy atom. The van der Waals surface area contributed by atoms with Crippen LogP contribution in [0.4, 0.5) is 0 Å². The Balaban J connectivity index is 1.52. The molecule has 6 rings (SSSR count). The largest absolute Gasteiger partial charge is 0.478 e. The lowest BCUT2D eigenvalue weighted by Gasteiger charge is -2.25. The van der Waals surface area contributed by atoms with Crippen LogP contribution in [0.25, 0.3) is 23.1 Å². The lowest BCUT2D eigenvalue weighted by molar-refractivity contribution is -0.138. The fourth-order valence-corrected chi connectivity index (χ4v) is 6.29. The molecule has 1 atom stereocenters. The van der Waals surface area contributed by atoms with Gasteiger partial charge in [-0.1, -0.05) is 71.5 Å². The van der Waals surface area contributed by atoms with Gasteiger partial charge in [-0.15, -0.1) is 0 Å². The molecule has 8 nitrogen and oxygen atoms in total. The van der Waals surface area contributed by atoms with Gasteiger partial charge in [-0.05, 0) is 61.4 Å². The number of furan rings is 1. The molecule has 3 heterocycles. The highest BCUT2D eigenvalue weighted by atomic mass is 35.5. The van der Waals surface area contributed by atoms with Crippen LogP contribution >= 0.6 is 22.9 Å². The van der Waals surface area contributed by atoms with E-state index in [0.29, 0.717) is 42.7 Å². The number of carbonyl (C=O) groups is 2. The summed E-state index contributed by atoms with van der Waals surface area (Å²) in [5.74, 6) is -0.603. The standard InChI is InChI=1S/C34H25ClN2O6S/c1-3-42-33(41)28-29(20-7-5-4-6-8-20)36-34-37(30(28)21-9-12-23(35)13-10-21)31(38)27(44-34)18-24-14-16-26(43-24)25-15-11-22(32(39)40)17-19(25)2/h4-18,30H,3H2,1-2H3,(H,39,40)/b27-18-/t30-/m0/s1. The first kappa shape index (κ1) is 29.1. The van der Waals surface area contributed by atoms with Crippen molar-refractivity contribution >= 4 is 46.6 Å². The number of hydrogen-bond acceptors (Lipinski definition) is 7. The Bertz CT molecular complexity index is 2120. The number of aromatic nitrogens is 1. The van der Waals surface area contributed by atoms with Gasteiger partial charge in [0.05, 0.1) is 34.0 Å². The number of nitrogens with zero attached hydrogens (tertiary/aromatic N) is 2. The summed E-state index contributed by atoms with van der Waals surface area (Å²) in [6.45, 7) is 3.69. The fourth-order valence-electron chi connectivity index (χ4n) is 5.18. The van der Waals surface area contributed by atoms with E-state index in [1.807, 2.05) is 37.3 Å². The van der Waals surface area contributed by atoms with Gasteiger partial charge in [0.1, 0.15) is 11.5 Å². The lowest BCUT2D eigenvalue weighted by atomic mass is 9.93. The van der Waals surface area contributed by atoms with Crippen molar-refractivity contribution in [1.82, 2.24) is 4.57 Å². The molecular weight excluding hydrogens is 600 g/mol. The SMILES string of the molecule is CCOC(=O)C1=C(c2ccccc2)N=c2s/c(=C\c3ccc(-c4ccc(C(=O)O)cc4C)o3)c(=O)n2[C@H]1c1ccc(Cl)cc1. The van der Waals surface area contributed by atoms with Gasteiger partial charge in [0.2, 0.25) is 0 Å². The van der Waals surface area contributed by atoms with Gasteiger partial charge in [-0.2, -0.15) is 0 Å². The Morgan fingerprint density at radius 1 is 1.07 bits per heavy atom. The van der Waals surface area contributed by atoms with Gasteiger partial charge in [0.25, 0.3) is 5.56 Å². The van der Waals surface area contributed by atoms with E-state index in [9.17, 15) is 19.5 Å². The number of hydrogen-bond donors (Lipinski definition) is 1. The number of halogens is 1. The van der Waals surface area contributed by atoms with Crippen molar-refractivity contribution in [3.05, 3.63) is 143 Å². The molecule has 0 bridgehead atoms. The van der Waals surface area contributed by atoms with Crippen LogP contribution in [0.1, 0.15) is 45.8 Å². The van der Waals surface area contributed by atoms with E-state index >= 15 is 0 Å². The van der Waals surface area contributed by atoms with Crippen LogP contribution in [0.15, 0.2) is 105 Å². The molecule has 0 saturated heterocycles. The highest BCUT2D eigenvalue weighted by Gasteiger charge is 2.35. The van der Waals surface area contributed by atoms with Gasteiger partial charge < -0.3 is 14.3 Å². The summed E-state index contributed by atoms with van der Waals surface area (Å²) in [4.78, 5) is 44.2. The number of aryl methyl sites for hydroxylation is 1. The number of carboxylic acids is 1. The van der Waals surface area contributed by atoms with Gasteiger partial charge in [-0.3, -0.25) is 9.36 Å². The number of carbonyl (C=O) groups excluding carboxylic acids is 1. The first-order valence-corrected chi connectivity index (χ1v) is 14.9. The van der Waals surface area contributed by atoms with Crippen molar-refractivity contribution in [3.63, 3.8) is 0 Å². The molecule has 0 aliphatic carbocycles. The summed E-state index contributed by atoms with van der Waals surface area (Å²) >= 11 is 7.38. The average Bonchev–Trinajstić information content (AvgIpc) is 3.61. The van der Waals surface area contributed by atoms with Crippen LogP contribution in [-0.4, -0.2) is 28.2 Å².